The first-order valence-electron chi connectivity index (χ1n) is 10.8. The van der Waals surface area contributed by atoms with Crippen LogP contribution in [0.15, 0.2) is 53.0 Å². The van der Waals surface area contributed by atoms with E-state index in [9.17, 15) is 4.79 Å². The molecule has 0 radical (unpaired) electrons. The normalized spacial score (nSPS) is 11.9. The Kier molecular flexibility index (Phi) is 8.33. The topological polar surface area (TPSA) is 81.9 Å². The number of halogens is 2. The van der Waals surface area contributed by atoms with Crippen LogP contribution < -0.4 is 10.1 Å². The summed E-state index contributed by atoms with van der Waals surface area (Å²) in [6.07, 6.45) is -0.292. The summed E-state index contributed by atoms with van der Waals surface area (Å²) in [5.74, 6) is 1.50. The molecule has 0 fully saturated rings. The number of carbonyl (C=O) groups is 1. The number of benzene rings is 2. The van der Waals surface area contributed by atoms with Gasteiger partial charge in [0.25, 0.3) is 0 Å². The molecule has 0 spiro atoms. The van der Waals surface area contributed by atoms with Crippen LogP contribution in [0, 0.1) is 6.92 Å². The van der Waals surface area contributed by atoms with Crippen LogP contribution in [0.25, 0.3) is 11.3 Å². The van der Waals surface area contributed by atoms with E-state index in [0.29, 0.717) is 38.4 Å². The van der Waals surface area contributed by atoms with Gasteiger partial charge in [0.15, 0.2) is 22.2 Å². The number of nitrogens with zero attached hydrogens (tertiary/aromatic N) is 4. The second-order valence-corrected chi connectivity index (χ2v) is 10.3. The van der Waals surface area contributed by atoms with Crippen molar-refractivity contribution in [2.75, 3.05) is 11.1 Å². The van der Waals surface area contributed by atoms with Crippen molar-refractivity contribution in [3.63, 3.8) is 0 Å². The van der Waals surface area contributed by atoms with E-state index in [1.54, 1.807) is 18.2 Å². The molecule has 11 heteroatoms. The Balaban J connectivity index is 1.37. The zero-order valence-corrected chi connectivity index (χ0v) is 22.4. The first kappa shape index (κ1) is 25.5. The maximum Gasteiger partial charge on any atom is 0.236 e. The van der Waals surface area contributed by atoms with Crippen LogP contribution in [0.4, 0.5) is 5.13 Å². The second-order valence-electron chi connectivity index (χ2n) is 7.61. The van der Waals surface area contributed by atoms with Crippen molar-refractivity contribution >= 4 is 57.3 Å². The lowest BCUT2D eigenvalue weighted by Crippen LogP contribution is -2.15. The van der Waals surface area contributed by atoms with Crippen molar-refractivity contribution in [3.05, 3.63) is 69.3 Å². The number of thioether (sulfide) groups is 1. The third-order valence-corrected chi connectivity index (χ3v) is 7.38. The Bertz CT molecular complexity index is 1340. The summed E-state index contributed by atoms with van der Waals surface area (Å²) < 4.78 is 8.07. The average molecular weight is 549 g/mol. The van der Waals surface area contributed by atoms with E-state index in [-0.39, 0.29) is 17.8 Å². The van der Waals surface area contributed by atoms with Gasteiger partial charge in [-0.05, 0) is 50.6 Å². The summed E-state index contributed by atoms with van der Waals surface area (Å²) in [5, 5.41) is 15.5. The van der Waals surface area contributed by atoms with E-state index in [4.69, 9.17) is 27.9 Å². The number of ether oxygens (including phenoxy) is 1. The first-order valence-corrected chi connectivity index (χ1v) is 13.5. The summed E-state index contributed by atoms with van der Waals surface area (Å²) in [4.78, 5) is 17.0. The molecular weight excluding hydrogens is 525 g/mol. The number of hydrogen-bond donors (Lipinski definition) is 1. The maximum absolute atomic E-state index is 12.6. The molecule has 0 aliphatic carbocycles. The predicted octanol–water partition coefficient (Wildman–Crippen LogP) is 6.91. The number of carbonyl (C=O) groups excluding carboxylic acids is 1. The predicted molar refractivity (Wildman–Crippen MR) is 143 cm³/mol. The zero-order valence-electron chi connectivity index (χ0n) is 19.3. The van der Waals surface area contributed by atoms with Crippen molar-refractivity contribution in [1.82, 2.24) is 19.7 Å². The summed E-state index contributed by atoms with van der Waals surface area (Å²) >= 11 is 14.9. The minimum Gasteiger partial charge on any atom is -0.482 e. The van der Waals surface area contributed by atoms with Gasteiger partial charge in [-0.15, -0.1) is 21.5 Å². The largest absolute Gasteiger partial charge is 0.482 e. The highest BCUT2D eigenvalue weighted by Gasteiger charge is 2.20. The summed E-state index contributed by atoms with van der Waals surface area (Å²) in [7, 11) is 0. The van der Waals surface area contributed by atoms with Gasteiger partial charge in [-0.3, -0.25) is 4.79 Å². The molecule has 2 heterocycles. The lowest BCUT2D eigenvalue weighted by molar-refractivity contribution is -0.113. The number of nitrogens with one attached hydrogen (secondary N) is 1. The Morgan fingerprint density at radius 3 is 2.77 bits per heavy atom. The van der Waals surface area contributed by atoms with Crippen LogP contribution in [0.1, 0.15) is 31.3 Å². The van der Waals surface area contributed by atoms with E-state index >= 15 is 0 Å². The van der Waals surface area contributed by atoms with Gasteiger partial charge in [0.1, 0.15) is 5.75 Å². The molecule has 1 unspecified atom stereocenters. The van der Waals surface area contributed by atoms with Crippen molar-refractivity contribution in [1.29, 1.82) is 0 Å². The number of amides is 1. The van der Waals surface area contributed by atoms with Crippen LogP contribution in [-0.4, -0.2) is 31.4 Å². The first-order chi connectivity index (χ1) is 16.9. The molecule has 1 N–H and O–H groups in total. The monoisotopic (exact) mass is 547 g/mol. The summed E-state index contributed by atoms with van der Waals surface area (Å²) in [6.45, 7) is 6.61. The third-order valence-electron chi connectivity index (χ3n) is 5.11. The number of anilines is 1. The molecule has 7 nitrogen and oxygen atoms in total. The molecule has 35 heavy (non-hydrogen) atoms. The highest BCUT2D eigenvalue weighted by atomic mass is 35.5. The molecular formula is C24H23Cl2N5O2S2. The van der Waals surface area contributed by atoms with E-state index in [1.165, 1.54) is 23.1 Å². The molecule has 0 saturated carbocycles. The van der Waals surface area contributed by atoms with E-state index in [0.717, 1.165) is 16.9 Å². The fraction of sp³-hybridized carbons (Fsp3) is 0.250. The standard InChI is InChI=1S/C24H23Cl2N5O2S2/c1-4-31-22(15(3)33-20-8-6-5-7-14(20)2)29-30-24(31)35-13-21(32)28-23-27-19(12-34-23)17-10-9-16(25)11-18(17)26/h5-12,15H,4,13H2,1-3H3,(H,27,28,32). The Hall–Kier alpha value is -2.59. The van der Waals surface area contributed by atoms with Crippen LogP contribution >= 0.6 is 46.3 Å². The third kappa shape index (κ3) is 6.16. The fourth-order valence-electron chi connectivity index (χ4n) is 3.37. The lowest BCUT2D eigenvalue weighted by atomic mass is 10.2. The van der Waals surface area contributed by atoms with Crippen molar-refractivity contribution in [3.8, 4) is 17.0 Å². The van der Waals surface area contributed by atoms with Gasteiger partial charge in [-0.2, -0.15) is 0 Å². The lowest BCUT2D eigenvalue weighted by Gasteiger charge is -2.16. The molecule has 4 aromatic rings. The van der Waals surface area contributed by atoms with Crippen molar-refractivity contribution < 1.29 is 9.53 Å². The second kappa shape index (κ2) is 11.4. The van der Waals surface area contributed by atoms with Gasteiger partial charge in [0, 0.05) is 22.5 Å². The SMILES string of the molecule is CCn1c(SCC(=O)Nc2nc(-c3ccc(Cl)cc3Cl)cs2)nnc1C(C)Oc1ccccc1C. The van der Waals surface area contributed by atoms with Gasteiger partial charge in [-0.25, -0.2) is 4.98 Å². The molecule has 2 aromatic carbocycles. The molecule has 182 valence electrons. The zero-order chi connectivity index (χ0) is 24.9. The molecule has 0 bridgehead atoms. The maximum atomic E-state index is 12.6. The molecule has 1 atom stereocenters. The van der Waals surface area contributed by atoms with Gasteiger partial charge in [0.05, 0.1) is 16.5 Å². The average Bonchev–Trinajstić information content (AvgIpc) is 3.46. The van der Waals surface area contributed by atoms with Crippen LogP contribution in [0.5, 0.6) is 5.75 Å². The number of rotatable bonds is 9. The van der Waals surface area contributed by atoms with E-state index in [2.05, 4.69) is 20.5 Å². The number of thiazole rings is 1. The highest BCUT2D eigenvalue weighted by molar-refractivity contribution is 7.99. The van der Waals surface area contributed by atoms with Crippen molar-refractivity contribution in [2.24, 2.45) is 0 Å². The highest BCUT2D eigenvalue weighted by Crippen LogP contribution is 2.32. The fourth-order valence-corrected chi connectivity index (χ4v) is 5.42. The number of hydrogen-bond acceptors (Lipinski definition) is 7. The van der Waals surface area contributed by atoms with Gasteiger partial charge in [0.2, 0.25) is 5.91 Å². The van der Waals surface area contributed by atoms with Gasteiger partial charge >= 0.3 is 0 Å². The number of aryl methyl sites for hydroxylation is 1. The van der Waals surface area contributed by atoms with Crippen LogP contribution in [0.2, 0.25) is 10.0 Å². The van der Waals surface area contributed by atoms with E-state index < -0.39 is 0 Å². The van der Waals surface area contributed by atoms with E-state index in [1.807, 2.05) is 55.0 Å². The molecule has 0 aliphatic rings. The van der Waals surface area contributed by atoms with Crippen LogP contribution in [-0.2, 0) is 11.3 Å². The van der Waals surface area contributed by atoms with Gasteiger partial charge < -0.3 is 14.6 Å². The number of para-hydroxylation sites is 1. The smallest absolute Gasteiger partial charge is 0.236 e. The molecule has 0 saturated heterocycles. The molecule has 0 aliphatic heterocycles. The molecule has 4 rings (SSSR count). The minimum absolute atomic E-state index is 0.168. The summed E-state index contributed by atoms with van der Waals surface area (Å²) in [5.41, 5.74) is 2.49. The van der Waals surface area contributed by atoms with Crippen LogP contribution in [0.3, 0.4) is 0 Å². The Labute approximate surface area is 221 Å². The summed E-state index contributed by atoms with van der Waals surface area (Å²) in [6, 6.07) is 13.1. The van der Waals surface area contributed by atoms with Crippen molar-refractivity contribution in [2.45, 2.75) is 38.6 Å². The molecule has 1 amide bonds. The quantitative estimate of drug-likeness (QED) is 0.229. The molecule has 2 aromatic heterocycles. The minimum atomic E-state index is -0.292. The Morgan fingerprint density at radius 2 is 2.03 bits per heavy atom. The van der Waals surface area contributed by atoms with Gasteiger partial charge in [-0.1, -0.05) is 53.2 Å². The number of aromatic nitrogens is 4. The Morgan fingerprint density at radius 1 is 1.23 bits per heavy atom.